The minimum atomic E-state index is -4.64. The summed E-state index contributed by atoms with van der Waals surface area (Å²) < 4.78 is 56.5. The third-order valence-electron chi connectivity index (χ3n) is 17.1. The van der Waals surface area contributed by atoms with E-state index in [1.54, 1.807) is 19.1 Å². The van der Waals surface area contributed by atoms with E-state index in [1.807, 2.05) is 0 Å². The van der Waals surface area contributed by atoms with Gasteiger partial charge in [0.2, 0.25) is 0 Å². The third kappa shape index (κ3) is 11.3. The number of benzene rings is 4. The number of nitrogens with zero attached hydrogens (tertiary/aromatic N) is 5. The number of carbonyl (C=O) groups excluding carboxylic acids is 1. The number of H-pyrrole nitrogens is 1. The van der Waals surface area contributed by atoms with Crippen molar-refractivity contribution in [3.8, 4) is 11.5 Å². The van der Waals surface area contributed by atoms with E-state index in [4.69, 9.17) is 9.47 Å². The van der Waals surface area contributed by atoms with Crippen LogP contribution in [0.2, 0.25) is 0 Å². The number of nitro benzene ring substituents is 1. The van der Waals surface area contributed by atoms with Gasteiger partial charge in [0.15, 0.2) is 0 Å². The highest BCUT2D eigenvalue weighted by atomic mass is 32.2. The summed E-state index contributed by atoms with van der Waals surface area (Å²) in [6, 6.07) is 28.8. The Bertz CT molecular complexity index is 3250. The van der Waals surface area contributed by atoms with Crippen molar-refractivity contribution >= 4 is 44.0 Å². The lowest BCUT2D eigenvalue weighted by atomic mass is 9.59. The Hall–Kier alpha value is -6.44. The van der Waals surface area contributed by atoms with Crippen LogP contribution in [0.5, 0.6) is 11.5 Å². The molecule has 0 radical (unpaired) electrons. The van der Waals surface area contributed by atoms with Crippen molar-refractivity contribution < 1.29 is 37.1 Å². The van der Waals surface area contributed by atoms with Crippen LogP contribution in [0.1, 0.15) is 123 Å². The number of rotatable bonds is 16. The molecule has 1 atom stereocenters. The van der Waals surface area contributed by atoms with E-state index >= 15 is 0 Å². The van der Waals surface area contributed by atoms with Crippen LogP contribution in [-0.2, 0) is 21.3 Å². The molecule has 5 heterocycles. The van der Waals surface area contributed by atoms with Gasteiger partial charge in [0.1, 0.15) is 28.7 Å². The fourth-order valence-electron chi connectivity index (χ4n) is 12.7. The molecule has 2 saturated carbocycles. The summed E-state index contributed by atoms with van der Waals surface area (Å²) in [6.07, 6.45) is 9.56. The fourth-order valence-corrected chi connectivity index (χ4v) is 13.7. The molecule has 5 aliphatic rings. The van der Waals surface area contributed by atoms with E-state index < -0.39 is 42.9 Å². The fraction of sp³-hybridized carbons (Fsp3) is 0.458. The molecule has 18 heteroatoms. The number of fused-ring (bicyclic) bond motifs is 1. The van der Waals surface area contributed by atoms with Gasteiger partial charge in [-0.15, -0.1) is 0 Å². The van der Waals surface area contributed by atoms with Crippen molar-refractivity contribution in [1.29, 1.82) is 0 Å². The number of aromatic nitrogens is 2. The number of pyridine rings is 1. The van der Waals surface area contributed by atoms with Crippen LogP contribution in [0, 0.1) is 27.3 Å². The number of aliphatic hydroxyl groups is 1. The standard InChI is InChI=1S/C59H69FN8O8S/c1-38(2)47-6-4-5-7-48(47)54-35-65(34-40-8-10-41(11-9-40)42-18-24-75-25-19-42)22-23-67(54)44-29-59(30-44)36-66(37-59)43-12-14-49(55(26-43)76-45-27-50-51(60)33-63-56(50)62-32-45)57(69)64-77(73,74)46-13-15-52(53(28-46)68(71)72)61-31-39-16-20-58(3,70)21-17-39/h4-15,26-28,32-33,38-39,42,44,54,61,70H,16-25,29-31,34-37H2,1-3H3,(H,62,63)(H,64,69). The quantitative estimate of drug-likeness (QED) is 0.0529. The number of halogens is 1. The van der Waals surface area contributed by atoms with E-state index in [0.717, 1.165) is 103 Å². The van der Waals surface area contributed by atoms with E-state index in [1.165, 1.54) is 58.9 Å². The third-order valence-corrected chi connectivity index (χ3v) is 18.5. The lowest BCUT2D eigenvalue weighted by molar-refractivity contribution is -0.384. The second-order valence-corrected chi connectivity index (χ2v) is 24.7. The summed E-state index contributed by atoms with van der Waals surface area (Å²) in [6.45, 7) is 13.8. The molecule has 3 aliphatic heterocycles. The molecule has 1 spiro atoms. The lowest BCUT2D eigenvalue weighted by Gasteiger charge is -2.63. The van der Waals surface area contributed by atoms with E-state index in [9.17, 15) is 32.8 Å². The molecule has 77 heavy (non-hydrogen) atoms. The van der Waals surface area contributed by atoms with Gasteiger partial charge in [-0.05, 0) is 129 Å². The van der Waals surface area contributed by atoms with Crippen LogP contribution in [0.3, 0.4) is 0 Å². The Kier molecular flexibility index (Phi) is 14.6. The van der Waals surface area contributed by atoms with E-state index in [-0.39, 0.29) is 45.5 Å². The van der Waals surface area contributed by atoms with Gasteiger partial charge >= 0.3 is 0 Å². The number of hydrogen-bond donors (Lipinski definition) is 4. The number of aromatic amines is 1. The topological polar surface area (TPSA) is 195 Å². The number of amides is 1. The second kappa shape index (κ2) is 21.4. The highest BCUT2D eigenvalue weighted by Gasteiger charge is 2.55. The molecule has 1 unspecified atom stereocenters. The molecule has 3 saturated heterocycles. The van der Waals surface area contributed by atoms with Crippen LogP contribution in [0.4, 0.5) is 21.5 Å². The number of sulfonamides is 1. The predicted octanol–water partition coefficient (Wildman–Crippen LogP) is 10.4. The monoisotopic (exact) mass is 1070 g/mol. The lowest BCUT2D eigenvalue weighted by Crippen LogP contribution is -2.68. The van der Waals surface area contributed by atoms with Crippen LogP contribution in [0.25, 0.3) is 11.0 Å². The van der Waals surface area contributed by atoms with Gasteiger partial charge in [-0.1, -0.05) is 62.4 Å². The number of carbonyl (C=O) groups is 1. The maximum atomic E-state index is 14.7. The predicted molar refractivity (Wildman–Crippen MR) is 294 cm³/mol. The highest BCUT2D eigenvalue weighted by molar-refractivity contribution is 7.90. The molecule has 1 amide bonds. The van der Waals surface area contributed by atoms with Gasteiger partial charge in [0.25, 0.3) is 21.6 Å². The molecule has 11 rings (SSSR count). The van der Waals surface area contributed by atoms with Crippen molar-refractivity contribution in [1.82, 2.24) is 24.5 Å². The van der Waals surface area contributed by atoms with Crippen molar-refractivity contribution in [2.45, 2.75) is 113 Å². The Labute approximate surface area is 449 Å². The normalized spacial score (nSPS) is 22.4. The first-order valence-corrected chi connectivity index (χ1v) is 28.7. The molecule has 6 aromatic rings. The average Bonchev–Trinajstić information content (AvgIpc) is 3.90. The highest BCUT2D eigenvalue weighted by Crippen LogP contribution is 2.54. The van der Waals surface area contributed by atoms with Crippen LogP contribution in [0.15, 0.2) is 108 Å². The van der Waals surface area contributed by atoms with Gasteiger partial charge in [-0.25, -0.2) is 22.5 Å². The Morgan fingerprint density at radius 1 is 0.987 bits per heavy atom. The molecule has 2 aliphatic carbocycles. The molecule has 16 nitrogen and oxygen atoms in total. The first-order chi connectivity index (χ1) is 37.0. The summed E-state index contributed by atoms with van der Waals surface area (Å²) in [7, 11) is -4.64. The number of piperazine rings is 1. The minimum Gasteiger partial charge on any atom is -0.455 e. The maximum Gasteiger partial charge on any atom is 0.293 e. The minimum absolute atomic E-state index is 0.0225. The van der Waals surface area contributed by atoms with E-state index in [0.29, 0.717) is 42.9 Å². The zero-order valence-electron chi connectivity index (χ0n) is 44.0. The summed E-state index contributed by atoms with van der Waals surface area (Å²) >= 11 is 0. The van der Waals surface area contributed by atoms with Crippen LogP contribution in [-0.4, -0.2) is 108 Å². The zero-order chi connectivity index (χ0) is 53.6. The van der Waals surface area contributed by atoms with Crippen LogP contribution >= 0.6 is 0 Å². The summed E-state index contributed by atoms with van der Waals surface area (Å²) in [4.78, 5) is 39.9. The number of nitro groups is 1. The van der Waals surface area contributed by atoms with Crippen molar-refractivity contribution in [3.63, 3.8) is 0 Å². The van der Waals surface area contributed by atoms with Crippen molar-refractivity contribution in [3.05, 3.63) is 147 Å². The zero-order valence-corrected chi connectivity index (χ0v) is 44.9. The first-order valence-electron chi connectivity index (χ1n) is 27.2. The molecule has 4 aromatic carbocycles. The number of ether oxygens (including phenoxy) is 2. The van der Waals surface area contributed by atoms with Gasteiger partial charge < -0.3 is 29.8 Å². The SMILES string of the molecule is CC(C)c1ccccc1C1CN(Cc2ccc(C3CCOCC3)cc2)CCN1C1CC2(C1)CN(c1ccc(C(=O)NS(=O)(=O)c3ccc(NCC4CCC(C)(O)CC4)c([N+](=O)[O-])c3)c(Oc3cnc4[nH]cc(F)c4c3)c1)C2. The van der Waals surface area contributed by atoms with Gasteiger partial charge in [0.05, 0.1) is 32.6 Å². The van der Waals surface area contributed by atoms with Gasteiger partial charge in [-0.3, -0.25) is 24.7 Å². The Morgan fingerprint density at radius 3 is 2.48 bits per heavy atom. The number of nitrogens with one attached hydrogen (secondary N) is 3. The van der Waals surface area contributed by atoms with Gasteiger partial charge in [0, 0.05) is 101 Å². The largest absolute Gasteiger partial charge is 0.455 e. The van der Waals surface area contributed by atoms with E-state index in [2.05, 4.69) is 97.1 Å². The molecular formula is C59H69FN8O8S. The van der Waals surface area contributed by atoms with Crippen molar-refractivity contribution in [2.24, 2.45) is 11.3 Å². The molecule has 5 fully saturated rings. The Morgan fingerprint density at radius 2 is 1.74 bits per heavy atom. The first kappa shape index (κ1) is 52.6. The number of anilines is 2. The van der Waals surface area contributed by atoms with Crippen molar-refractivity contribution in [2.75, 3.05) is 62.7 Å². The molecule has 4 N–H and O–H groups in total. The summed E-state index contributed by atoms with van der Waals surface area (Å²) in [5.74, 6) is -0.270. The Balaban J connectivity index is 0.783. The molecule has 2 aromatic heterocycles. The maximum absolute atomic E-state index is 14.7. The summed E-state index contributed by atoms with van der Waals surface area (Å²) in [5.41, 5.74) is 5.57. The smallest absolute Gasteiger partial charge is 0.293 e. The summed E-state index contributed by atoms with van der Waals surface area (Å²) in [5, 5.41) is 25.9. The number of hydrogen-bond acceptors (Lipinski definition) is 13. The second-order valence-electron chi connectivity index (χ2n) is 23.0. The molecular weight excluding hydrogens is 1000 g/mol. The molecule has 406 valence electrons. The average molecular weight is 1070 g/mol. The molecule has 0 bridgehead atoms. The van der Waals surface area contributed by atoms with Gasteiger partial charge in [-0.2, -0.15) is 0 Å². The van der Waals surface area contributed by atoms with Crippen LogP contribution < -0.4 is 19.7 Å².